The molecule has 0 spiro atoms. The SMILES string of the molecule is COC[C@@H](C)Oc1ccc(O)cc1. The Bertz CT molecular complexity index is 243. The van der Waals surface area contributed by atoms with Crippen molar-refractivity contribution in [2.45, 2.75) is 13.0 Å². The molecule has 0 aliphatic rings. The summed E-state index contributed by atoms with van der Waals surface area (Å²) in [5, 5.41) is 9.01. The van der Waals surface area contributed by atoms with Crippen molar-refractivity contribution in [3.8, 4) is 11.5 Å². The summed E-state index contributed by atoms with van der Waals surface area (Å²) in [6.07, 6.45) is 0.0227. The summed E-state index contributed by atoms with van der Waals surface area (Å²) in [4.78, 5) is 0. The number of benzene rings is 1. The number of ether oxygens (including phenoxy) is 2. The Morgan fingerprint density at radius 1 is 1.31 bits per heavy atom. The quantitative estimate of drug-likeness (QED) is 0.771. The van der Waals surface area contributed by atoms with E-state index >= 15 is 0 Å². The van der Waals surface area contributed by atoms with Crippen molar-refractivity contribution in [1.29, 1.82) is 0 Å². The van der Waals surface area contributed by atoms with Gasteiger partial charge in [0.25, 0.3) is 0 Å². The van der Waals surface area contributed by atoms with Crippen molar-refractivity contribution in [3.63, 3.8) is 0 Å². The predicted molar refractivity (Wildman–Crippen MR) is 50.1 cm³/mol. The van der Waals surface area contributed by atoms with Crippen LogP contribution in [0.5, 0.6) is 11.5 Å². The van der Waals surface area contributed by atoms with Crippen LogP contribution in [0.4, 0.5) is 0 Å². The molecule has 0 unspecified atom stereocenters. The Labute approximate surface area is 77.9 Å². The molecule has 13 heavy (non-hydrogen) atoms. The molecule has 0 heterocycles. The van der Waals surface area contributed by atoms with E-state index < -0.39 is 0 Å². The van der Waals surface area contributed by atoms with E-state index in [-0.39, 0.29) is 11.9 Å². The maximum Gasteiger partial charge on any atom is 0.120 e. The molecular weight excluding hydrogens is 168 g/mol. The number of phenolic OH excluding ortho intramolecular Hbond substituents is 1. The second-order valence-electron chi connectivity index (χ2n) is 2.88. The molecule has 0 bridgehead atoms. The molecular formula is C10H14O3. The summed E-state index contributed by atoms with van der Waals surface area (Å²) in [5.41, 5.74) is 0. The number of phenols is 1. The van der Waals surface area contributed by atoms with Gasteiger partial charge in [0.15, 0.2) is 0 Å². The topological polar surface area (TPSA) is 38.7 Å². The predicted octanol–water partition coefficient (Wildman–Crippen LogP) is 1.81. The maximum atomic E-state index is 9.01. The van der Waals surface area contributed by atoms with Crippen LogP contribution in [0.15, 0.2) is 24.3 Å². The van der Waals surface area contributed by atoms with Crippen LogP contribution in [0.1, 0.15) is 6.92 Å². The lowest BCUT2D eigenvalue weighted by atomic mass is 10.3. The van der Waals surface area contributed by atoms with Crippen LogP contribution < -0.4 is 4.74 Å². The van der Waals surface area contributed by atoms with Gasteiger partial charge in [0.1, 0.15) is 17.6 Å². The third-order valence-corrected chi connectivity index (χ3v) is 1.58. The lowest BCUT2D eigenvalue weighted by molar-refractivity contribution is 0.0920. The molecule has 0 aliphatic heterocycles. The molecule has 0 fully saturated rings. The normalized spacial score (nSPS) is 12.5. The van der Waals surface area contributed by atoms with Crippen LogP contribution in [-0.2, 0) is 4.74 Å². The molecule has 0 saturated carbocycles. The first-order valence-electron chi connectivity index (χ1n) is 4.17. The lowest BCUT2D eigenvalue weighted by Crippen LogP contribution is -2.17. The van der Waals surface area contributed by atoms with E-state index in [1.54, 1.807) is 31.4 Å². The number of methoxy groups -OCH3 is 1. The summed E-state index contributed by atoms with van der Waals surface area (Å²) in [6.45, 7) is 2.48. The van der Waals surface area contributed by atoms with Gasteiger partial charge in [0, 0.05) is 7.11 Å². The zero-order chi connectivity index (χ0) is 9.68. The smallest absolute Gasteiger partial charge is 0.120 e. The minimum absolute atomic E-state index is 0.0227. The van der Waals surface area contributed by atoms with E-state index in [9.17, 15) is 0 Å². The molecule has 0 aliphatic carbocycles. The molecule has 0 amide bonds. The van der Waals surface area contributed by atoms with Crippen LogP contribution in [0.3, 0.4) is 0 Å². The summed E-state index contributed by atoms with van der Waals surface area (Å²) in [5.74, 6) is 0.981. The summed E-state index contributed by atoms with van der Waals surface area (Å²) < 4.78 is 10.4. The number of aromatic hydroxyl groups is 1. The second kappa shape index (κ2) is 4.72. The fourth-order valence-corrected chi connectivity index (χ4v) is 1.03. The fourth-order valence-electron chi connectivity index (χ4n) is 1.03. The van der Waals surface area contributed by atoms with E-state index in [0.29, 0.717) is 6.61 Å². The zero-order valence-electron chi connectivity index (χ0n) is 7.86. The third kappa shape index (κ3) is 3.34. The Morgan fingerprint density at radius 3 is 2.46 bits per heavy atom. The van der Waals surface area contributed by atoms with Gasteiger partial charge in [-0.2, -0.15) is 0 Å². The summed E-state index contributed by atoms with van der Waals surface area (Å²) in [7, 11) is 1.64. The van der Waals surface area contributed by atoms with Crippen molar-refractivity contribution in [1.82, 2.24) is 0 Å². The average molecular weight is 182 g/mol. The first-order valence-corrected chi connectivity index (χ1v) is 4.17. The molecule has 1 aromatic carbocycles. The van der Waals surface area contributed by atoms with E-state index in [4.69, 9.17) is 14.6 Å². The molecule has 0 saturated heterocycles. The lowest BCUT2D eigenvalue weighted by Gasteiger charge is -2.13. The standard InChI is InChI=1S/C10H14O3/c1-8(7-12-2)13-10-5-3-9(11)4-6-10/h3-6,8,11H,7H2,1-2H3/t8-/m1/s1. The molecule has 1 atom stereocenters. The van der Waals surface area contributed by atoms with Crippen LogP contribution in [0, 0.1) is 0 Å². The summed E-state index contributed by atoms with van der Waals surface area (Å²) in [6, 6.07) is 6.63. The van der Waals surface area contributed by atoms with Crippen molar-refractivity contribution in [2.24, 2.45) is 0 Å². The highest BCUT2D eigenvalue weighted by atomic mass is 16.5. The number of hydrogen-bond donors (Lipinski definition) is 1. The van der Waals surface area contributed by atoms with E-state index in [1.807, 2.05) is 6.92 Å². The molecule has 0 radical (unpaired) electrons. The van der Waals surface area contributed by atoms with E-state index in [2.05, 4.69) is 0 Å². The zero-order valence-corrected chi connectivity index (χ0v) is 7.86. The van der Waals surface area contributed by atoms with Gasteiger partial charge in [-0.15, -0.1) is 0 Å². The highest BCUT2D eigenvalue weighted by molar-refractivity contribution is 5.30. The van der Waals surface area contributed by atoms with Gasteiger partial charge in [0.2, 0.25) is 0 Å². The van der Waals surface area contributed by atoms with Crippen molar-refractivity contribution in [2.75, 3.05) is 13.7 Å². The highest BCUT2D eigenvalue weighted by Crippen LogP contribution is 2.16. The monoisotopic (exact) mass is 182 g/mol. The van der Waals surface area contributed by atoms with Crippen molar-refractivity contribution in [3.05, 3.63) is 24.3 Å². The molecule has 72 valence electrons. The van der Waals surface area contributed by atoms with Gasteiger partial charge in [-0.3, -0.25) is 0 Å². The Kier molecular flexibility index (Phi) is 3.58. The first kappa shape index (κ1) is 9.86. The van der Waals surface area contributed by atoms with Gasteiger partial charge in [-0.25, -0.2) is 0 Å². The molecule has 1 N–H and O–H groups in total. The van der Waals surface area contributed by atoms with E-state index in [0.717, 1.165) is 5.75 Å². The van der Waals surface area contributed by atoms with Crippen LogP contribution in [0.25, 0.3) is 0 Å². The van der Waals surface area contributed by atoms with Gasteiger partial charge in [-0.05, 0) is 31.2 Å². The minimum atomic E-state index is 0.0227. The second-order valence-corrected chi connectivity index (χ2v) is 2.88. The Balaban J connectivity index is 2.49. The number of hydrogen-bond acceptors (Lipinski definition) is 3. The van der Waals surface area contributed by atoms with Crippen molar-refractivity contribution >= 4 is 0 Å². The average Bonchev–Trinajstić information content (AvgIpc) is 2.09. The third-order valence-electron chi connectivity index (χ3n) is 1.58. The van der Waals surface area contributed by atoms with Gasteiger partial charge in [0.05, 0.1) is 6.61 Å². The Hall–Kier alpha value is -1.22. The Morgan fingerprint density at radius 2 is 1.92 bits per heavy atom. The number of rotatable bonds is 4. The van der Waals surface area contributed by atoms with Gasteiger partial charge >= 0.3 is 0 Å². The minimum Gasteiger partial charge on any atom is -0.508 e. The molecule has 0 aromatic heterocycles. The molecule has 1 rings (SSSR count). The van der Waals surface area contributed by atoms with Crippen LogP contribution in [-0.4, -0.2) is 24.9 Å². The maximum absolute atomic E-state index is 9.01. The largest absolute Gasteiger partial charge is 0.508 e. The molecule has 1 aromatic rings. The molecule has 3 nitrogen and oxygen atoms in total. The van der Waals surface area contributed by atoms with Crippen LogP contribution in [0.2, 0.25) is 0 Å². The van der Waals surface area contributed by atoms with E-state index in [1.165, 1.54) is 0 Å². The first-order chi connectivity index (χ1) is 6.22. The highest BCUT2D eigenvalue weighted by Gasteiger charge is 2.02. The van der Waals surface area contributed by atoms with Crippen LogP contribution >= 0.6 is 0 Å². The molecule has 3 heteroatoms. The van der Waals surface area contributed by atoms with Gasteiger partial charge < -0.3 is 14.6 Å². The van der Waals surface area contributed by atoms with Gasteiger partial charge in [-0.1, -0.05) is 0 Å². The fraction of sp³-hybridized carbons (Fsp3) is 0.400. The van der Waals surface area contributed by atoms with Crippen molar-refractivity contribution < 1.29 is 14.6 Å². The summed E-state index contributed by atoms with van der Waals surface area (Å²) >= 11 is 0.